The van der Waals surface area contributed by atoms with Gasteiger partial charge in [0.2, 0.25) is 5.91 Å². The summed E-state index contributed by atoms with van der Waals surface area (Å²) in [5.41, 5.74) is 7.95. The van der Waals surface area contributed by atoms with Crippen molar-refractivity contribution in [3.63, 3.8) is 0 Å². The second kappa shape index (κ2) is 12.8. The van der Waals surface area contributed by atoms with E-state index in [1.807, 2.05) is 42.5 Å². The Bertz CT molecular complexity index is 1160. The van der Waals surface area contributed by atoms with Gasteiger partial charge in [0, 0.05) is 25.1 Å². The SMILES string of the molecule is CC(=O)C(O)CCCCNC(=O)[C@H](Cc1ccc2ccccc2c1)NC(=O)c1ccc(CN)cc1. The number of rotatable bonds is 12. The number of nitrogens with one attached hydrogen (secondary N) is 2. The first kappa shape index (κ1) is 26.1. The van der Waals surface area contributed by atoms with Gasteiger partial charge in [-0.2, -0.15) is 0 Å². The summed E-state index contributed by atoms with van der Waals surface area (Å²) in [5.74, 6) is -0.872. The largest absolute Gasteiger partial charge is 0.385 e. The third kappa shape index (κ3) is 7.73. The van der Waals surface area contributed by atoms with E-state index in [1.165, 1.54) is 6.92 Å². The Hall–Kier alpha value is -3.55. The number of unbranched alkanes of at least 4 members (excludes halogenated alkanes) is 1. The zero-order chi connectivity index (χ0) is 25.2. The second-order valence-electron chi connectivity index (χ2n) is 8.73. The number of hydrogen-bond acceptors (Lipinski definition) is 5. The number of aliphatic hydroxyl groups excluding tert-OH is 1. The van der Waals surface area contributed by atoms with Crippen LogP contribution in [0.15, 0.2) is 66.7 Å². The highest BCUT2D eigenvalue weighted by Gasteiger charge is 2.22. The molecule has 0 aliphatic rings. The van der Waals surface area contributed by atoms with Crippen molar-refractivity contribution in [1.29, 1.82) is 0 Å². The Morgan fingerprint density at radius 2 is 1.60 bits per heavy atom. The number of carbonyl (C=O) groups is 3. The molecular weight excluding hydrogens is 442 g/mol. The van der Waals surface area contributed by atoms with E-state index in [9.17, 15) is 19.5 Å². The Balaban J connectivity index is 1.67. The lowest BCUT2D eigenvalue weighted by atomic mass is 10.0. The predicted octanol–water partition coefficient (Wildman–Crippen LogP) is 2.88. The van der Waals surface area contributed by atoms with Crippen LogP contribution in [0.3, 0.4) is 0 Å². The van der Waals surface area contributed by atoms with Crippen LogP contribution in [0.2, 0.25) is 0 Å². The normalized spacial score (nSPS) is 12.7. The number of hydrogen-bond donors (Lipinski definition) is 4. The number of carbonyl (C=O) groups excluding carboxylic acids is 3. The summed E-state index contributed by atoms with van der Waals surface area (Å²) in [5, 5.41) is 17.5. The van der Waals surface area contributed by atoms with Crippen molar-refractivity contribution in [3.8, 4) is 0 Å². The number of benzene rings is 3. The van der Waals surface area contributed by atoms with Crippen LogP contribution in [-0.2, 0) is 22.6 Å². The highest BCUT2D eigenvalue weighted by Crippen LogP contribution is 2.17. The molecule has 0 aliphatic carbocycles. The van der Waals surface area contributed by atoms with Crippen molar-refractivity contribution in [2.75, 3.05) is 6.54 Å². The monoisotopic (exact) mass is 475 g/mol. The summed E-state index contributed by atoms with van der Waals surface area (Å²) in [4.78, 5) is 37.1. The number of Topliss-reactive ketones (excluding diaryl/α,β-unsaturated/α-hetero) is 1. The average Bonchev–Trinajstić information content (AvgIpc) is 2.87. The van der Waals surface area contributed by atoms with E-state index in [1.54, 1.807) is 24.3 Å². The molecule has 3 aromatic carbocycles. The molecule has 0 aromatic heterocycles. The van der Waals surface area contributed by atoms with E-state index in [-0.39, 0.29) is 17.6 Å². The zero-order valence-corrected chi connectivity index (χ0v) is 20.0. The molecule has 0 fully saturated rings. The quantitative estimate of drug-likeness (QED) is 0.300. The van der Waals surface area contributed by atoms with Gasteiger partial charge in [0.05, 0.1) is 0 Å². The van der Waals surface area contributed by atoms with E-state index in [0.29, 0.717) is 44.3 Å². The van der Waals surface area contributed by atoms with Crippen molar-refractivity contribution >= 4 is 28.4 Å². The molecule has 0 heterocycles. The molecule has 0 saturated carbocycles. The lowest BCUT2D eigenvalue weighted by molar-refractivity contribution is -0.125. The number of ketones is 1. The summed E-state index contributed by atoms with van der Waals surface area (Å²) in [7, 11) is 0. The first-order chi connectivity index (χ1) is 16.9. The topological polar surface area (TPSA) is 122 Å². The van der Waals surface area contributed by atoms with Gasteiger partial charge in [0.1, 0.15) is 12.1 Å². The van der Waals surface area contributed by atoms with E-state index in [0.717, 1.165) is 21.9 Å². The van der Waals surface area contributed by atoms with Crippen LogP contribution in [-0.4, -0.2) is 41.4 Å². The van der Waals surface area contributed by atoms with Crippen LogP contribution in [0.1, 0.15) is 47.7 Å². The predicted molar refractivity (Wildman–Crippen MR) is 137 cm³/mol. The highest BCUT2D eigenvalue weighted by atomic mass is 16.3. The maximum Gasteiger partial charge on any atom is 0.251 e. The van der Waals surface area contributed by atoms with E-state index in [2.05, 4.69) is 10.6 Å². The molecule has 35 heavy (non-hydrogen) atoms. The van der Waals surface area contributed by atoms with E-state index >= 15 is 0 Å². The van der Waals surface area contributed by atoms with Gasteiger partial charge >= 0.3 is 0 Å². The third-order valence-corrected chi connectivity index (χ3v) is 6.00. The van der Waals surface area contributed by atoms with Gasteiger partial charge in [-0.05, 0) is 60.2 Å². The first-order valence-electron chi connectivity index (χ1n) is 11.9. The zero-order valence-electron chi connectivity index (χ0n) is 20.0. The molecule has 0 saturated heterocycles. The molecule has 1 unspecified atom stereocenters. The maximum atomic E-state index is 13.0. The fourth-order valence-corrected chi connectivity index (χ4v) is 3.85. The number of aliphatic hydroxyl groups is 1. The van der Waals surface area contributed by atoms with Crippen molar-refractivity contribution in [2.45, 2.75) is 51.3 Å². The number of amides is 2. The lowest BCUT2D eigenvalue weighted by Gasteiger charge is -2.19. The molecule has 0 radical (unpaired) electrons. The van der Waals surface area contributed by atoms with Crippen LogP contribution >= 0.6 is 0 Å². The van der Waals surface area contributed by atoms with Gasteiger partial charge in [0.25, 0.3) is 5.91 Å². The summed E-state index contributed by atoms with van der Waals surface area (Å²) in [6, 6.07) is 20.2. The van der Waals surface area contributed by atoms with E-state index < -0.39 is 12.1 Å². The molecule has 2 atom stereocenters. The van der Waals surface area contributed by atoms with Gasteiger partial charge < -0.3 is 21.5 Å². The molecule has 0 spiro atoms. The lowest BCUT2D eigenvalue weighted by Crippen LogP contribution is -2.48. The van der Waals surface area contributed by atoms with Crippen molar-refractivity contribution < 1.29 is 19.5 Å². The molecule has 7 heteroatoms. The summed E-state index contributed by atoms with van der Waals surface area (Å²) in [6.07, 6.45) is 0.966. The smallest absolute Gasteiger partial charge is 0.251 e. The maximum absolute atomic E-state index is 13.0. The van der Waals surface area contributed by atoms with Crippen LogP contribution in [0, 0.1) is 0 Å². The standard InChI is InChI=1S/C28H33N3O4/c1-19(32)26(33)8-4-5-15-30-28(35)25(31-27(34)23-13-9-20(18-29)10-14-23)17-21-11-12-22-6-2-3-7-24(22)16-21/h2-3,6-7,9-14,16,25-26,33H,4-5,8,15,17-18,29H2,1H3,(H,30,35)(H,31,34)/t25-,26?/m0/s1. The van der Waals surface area contributed by atoms with Crippen LogP contribution in [0.25, 0.3) is 10.8 Å². The summed E-state index contributed by atoms with van der Waals surface area (Å²) >= 11 is 0. The Kier molecular flexibility index (Phi) is 9.52. The molecule has 0 bridgehead atoms. The minimum absolute atomic E-state index is 0.258. The summed E-state index contributed by atoms with van der Waals surface area (Å²) < 4.78 is 0. The highest BCUT2D eigenvalue weighted by molar-refractivity contribution is 5.97. The summed E-state index contributed by atoms with van der Waals surface area (Å²) in [6.45, 7) is 2.13. The van der Waals surface area contributed by atoms with Crippen molar-refractivity contribution in [1.82, 2.24) is 10.6 Å². The number of fused-ring (bicyclic) bond motifs is 1. The van der Waals surface area contributed by atoms with Gasteiger partial charge in [0.15, 0.2) is 5.78 Å². The fraction of sp³-hybridized carbons (Fsp3) is 0.321. The Labute approximate surface area is 205 Å². The third-order valence-electron chi connectivity index (χ3n) is 6.00. The molecular formula is C28H33N3O4. The van der Waals surface area contributed by atoms with Crippen molar-refractivity contribution in [2.24, 2.45) is 5.73 Å². The van der Waals surface area contributed by atoms with Crippen molar-refractivity contribution in [3.05, 3.63) is 83.4 Å². The Morgan fingerprint density at radius 3 is 2.29 bits per heavy atom. The van der Waals surface area contributed by atoms with Gasteiger partial charge in [-0.1, -0.05) is 54.6 Å². The minimum atomic E-state index is -0.962. The molecule has 2 amide bonds. The van der Waals surface area contributed by atoms with Gasteiger partial charge in [-0.15, -0.1) is 0 Å². The second-order valence-corrected chi connectivity index (χ2v) is 8.73. The molecule has 3 aromatic rings. The average molecular weight is 476 g/mol. The minimum Gasteiger partial charge on any atom is -0.385 e. The van der Waals surface area contributed by atoms with Crippen LogP contribution < -0.4 is 16.4 Å². The molecule has 5 N–H and O–H groups in total. The van der Waals surface area contributed by atoms with Gasteiger partial charge in [-0.3, -0.25) is 14.4 Å². The number of nitrogens with two attached hydrogens (primary N) is 1. The van der Waals surface area contributed by atoms with Crippen LogP contribution in [0.4, 0.5) is 0 Å². The fourth-order valence-electron chi connectivity index (χ4n) is 3.85. The van der Waals surface area contributed by atoms with E-state index in [4.69, 9.17) is 5.73 Å². The Morgan fingerprint density at radius 1 is 0.914 bits per heavy atom. The molecule has 3 rings (SSSR count). The molecule has 7 nitrogen and oxygen atoms in total. The molecule has 184 valence electrons. The van der Waals surface area contributed by atoms with Gasteiger partial charge in [-0.25, -0.2) is 0 Å². The first-order valence-corrected chi connectivity index (χ1v) is 11.9. The van der Waals surface area contributed by atoms with Crippen LogP contribution in [0.5, 0.6) is 0 Å². The molecule has 0 aliphatic heterocycles.